The summed E-state index contributed by atoms with van der Waals surface area (Å²) in [5.74, 6) is 0.461. The van der Waals surface area contributed by atoms with Gasteiger partial charge in [-0.25, -0.2) is 4.98 Å². The highest BCUT2D eigenvalue weighted by Gasteiger charge is 2.33. The van der Waals surface area contributed by atoms with Gasteiger partial charge in [-0.2, -0.15) is 18.3 Å². The van der Waals surface area contributed by atoms with E-state index < -0.39 is 11.7 Å². The standard InChI is InChI=1S/C16H17ClF3N5O/c1-9-6-13(24-23-9)22-15(26)10-2-4-25(5-3-10)14-12(17)7-11(8-21-14)16(18,19)20/h6-8,10H,2-5H2,1H3,(H2,22,23,24,26). The number of aromatic amines is 1. The van der Waals surface area contributed by atoms with Crippen LogP contribution in [-0.4, -0.2) is 34.2 Å². The minimum Gasteiger partial charge on any atom is -0.355 e. The van der Waals surface area contributed by atoms with E-state index in [9.17, 15) is 18.0 Å². The lowest BCUT2D eigenvalue weighted by atomic mass is 9.96. The first-order chi connectivity index (χ1) is 12.2. The van der Waals surface area contributed by atoms with Crippen molar-refractivity contribution in [2.45, 2.75) is 25.9 Å². The van der Waals surface area contributed by atoms with E-state index >= 15 is 0 Å². The summed E-state index contributed by atoms with van der Waals surface area (Å²) in [6.07, 6.45) is -2.60. The van der Waals surface area contributed by atoms with Crippen molar-refractivity contribution in [3.05, 3.63) is 34.6 Å². The molecule has 1 aliphatic heterocycles. The molecule has 6 nitrogen and oxygen atoms in total. The molecule has 3 rings (SSSR count). The second-order valence-electron chi connectivity index (χ2n) is 6.21. The van der Waals surface area contributed by atoms with Gasteiger partial charge in [0.25, 0.3) is 0 Å². The molecule has 3 heterocycles. The van der Waals surface area contributed by atoms with Crippen LogP contribution in [0.3, 0.4) is 0 Å². The van der Waals surface area contributed by atoms with Crippen molar-refractivity contribution in [1.82, 2.24) is 15.2 Å². The van der Waals surface area contributed by atoms with E-state index in [0.29, 0.717) is 37.6 Å². The summed E-state index contributed by atoms with van der Waals surface area (Å²) in [5, 5.41) is 9.43. The van der Waals surface area contributed by atoms with Crippen molar-refractivity contribution in [2.75, 3.05) is 23.3 Å². The first kappa shape index (κ1) is 18.5. The first-order valence-corrected chi connectivity index (χ1v) is 8.42. The number of halogens is 4. The smallest absolute Gasteiger partial charge is 0.355 e. The Bertz CT molecular complexity index is 799. The molecule has 0 aliphatic carbocycles. The van der Waals surface area contributed by atoms with Crippen LogP contribution in [0.15, 0.2) is 18.3 Å². The molecule has 0 unspecified atom stereocenters. The molecule has 2 aromatic rings. The predicted molar refractivity (Wildman–Crippen MR) is 91.1 cm³/mol. The second-order valence-corrected chi connectivity index (χ2v) is 6.62. The van der Waals surface area contributed by atoms with Crippen LogP contribution in [0.1, 0.15) is 24.1 Å². The molecule has 0 saturated carbocycles. The molecule has 1 aliphatic rings. The zero-order chi connectivity index (χ0) is 18.9. The highest BCUT2D eigenvalue weighted by molar-refractivity contribution is 6.33. The molecule has 2 N–H and O–H groups in total. The van der Waals surface area contributed by atoms with Gasteiger partial charge in [0.15, 0.2) is 5.82 Å². The number of aryl methyl sites for hydroxylation is 1. The average molecular weight is 388 g/mol. The highest BCUT2D eigenvalue weighted by atomic mass is 35.5. The Kier molecular flexibility index (Phi) is 5.08. The Morgan fingerprint density at radius 3 is 2.58 bits per heavy atom. The largest absolute Gasteiger partial charge is 0.417 e. The summed E-state index contributed by atoms with van der Waals surface area (Å²) in [6, 6.07) is 2.61. The lowest BCUT2D eigenvalue weighted by Crippen LogP contribution is -2.38. The molecule has 1 amide bonds. The highest BCUT2D eigenvalue weighted by Crippen LogP contribution is 2.34. The van der Waals surface area contributed by atoms with E-state index in [1.54, 1.807) is 11.0 Å². The number of alkyl halides is 3. The number of carbonyl (C=O) groups excluding carboxylic acids is 1. The lowest BCUT2D eigenvalue weighted by Gasteiger charge is -2.32. The summed E-state index contributed by atoms with van der Waals surface area (Å²) >= 11 is 5.98. The second kappa shape index (κ2) is 7.14. The van der Waals surface area contributed by atoms with Gasteiger partial charge in [-0.3, -0.25) is 9.89 Å². The van der Waals surface area contributed by atoms with Crippen molar-refractivity contribution >= 4 is 29.1 Å². The first-order valence-electron chi connectivity index (χ1n) is 8.04. The van der Waals surface area contributed by atoms with E-state index in [-0.39, 0.29) is 16.8 Å². The topological polar surface area (TPSA) is 73.9 Å². The fourth-order valence-electron chi connectivity index (χ4n) is 2.88. The quantitative estimate of drug-likeness (QED) is 0.843. The van der Waals surface area contributed by atoms with Crippen LogP contribution >= 0.6 is 11.6 Å². The molecule has 0 bridgehead atoms. The molecule has 26 heavy (non-hydrogen) atoms. The van der Waals surface area contributed by atoms with Gasteiger partial charge in [-0.15, -0.1) is 0 Å². The van der Waals surface area contributed by atoms with Crippen LogP contribution in [0.5, 0.6) is 0 Å². The number of rotatable bonds is 3. The van der Waals surface area contributed by atoms with Gasteiger partial charge in [0.2, 0.25) is 5.91 Å². The Labute approximate surface area is 152 Å². The Balaban J connectivity index is 1.60. The molecule has 10 heteroatoms. The number of pyridine rings is 1. The van der Waals surface area contributed by atoms with Crippen molar-refractivity contribution in [2.24, 2.45) is 5.92 Å². The third-order valence-electron chi connectivity index (χ3n) is 4.27. The van der Waals surface area contributed by atoms with Crippen LogP contribution in [0, 0.1) is 12.8 Å². The third kappa shape index (κ3) is 4.09. The molecule has 0 aromatic carbocycles. The maximum atomic E-state index is 12.7. The fourth-order valence-corrected chi connectivity index (χ4v) is 3.17. The van der Waals surface area contributed by atoms with Crippen LogP contribution in [0.4, 0.5) is 24.8 Å². The molecule has 0 radical (unpaired) electrons. The van der Waals surface area contributed by atoms with Gasteiger partial charge in [-0.05, 0) is 25.8 Å². The van der Waals surface area contributed by atoms with Gasteiger partial charge in [0.1, 0.15) is 5.82 Å². The van der Waals surface area contributed by atoms with Crippen LogP contribution < -0.4 is 10.2 Å². The molecular formula is C16H17ClF3N5O. The number of aromatic nitrogens is 3. The van der Waals surface area contributed by atoms with E-state index in [1.807, 2.05) is 6.92 Å². The molecule has 1 fully saturated rings. The van der Waals surface area contributed by atoms with Crippen molar-refractivity contribution in [3.8, 4) is 0 Å². The third-order valence-corrected chi connectivity index (χ3v) is 4.55. The van der Waals surface area contributed by atoms with Gasteiger partial charge >= 0.3 is 6.18 Å². The van der Waals surface area contributed by atoms with Crippen LogP contribution in [0.25, 0.3) is 0 Å². The number of carbonyl (C=O) groups is 1. The van der Waals surface area contributed by atoms with Crippen LogP contribution in [-0.2, 0) is 11.0 Å². The maximum absolute atomic E-state index is 12.7. The minimum atomic E-state index is -4.48. The molecule has 1 saturated heterocycles. The monoisotopic (exact) mass is 387 g/mol. The molecule has 2 aromatic heterocycles. The Morgan fingerprint density at radius 2 is 2.04 bits per heavy atom. The summed E-state index contributed by atoms with van der Waals surface area (Å²) < 4.78 is 38.1. The summed E-state index contributed by atoms with van der Waals surface area (Å²) in [6.45, 7) is 2.80. The van der Waals surface area contributed by atoms with E-state index in [1.165, 1.54) is 0 Å². The van der Waals surface area contributed by atoms with Crippen molar-refractivity contribution < 1.29 is 18.0 Å². The summed E-state index contributed by atoms with van der Waals surface area (Å²) in [4.78, 5) is 18.0. The number of nitrogens with zero attached hydrogens (tertiary/aromatic N) is 3. The number of hydrogen-bond donors (Lipinski definition) is 2. The zero-order valence-electron chi connectivity index (χ0n) is 13.9. The predicted octanol–water partition coefficient (Wildman–Crippen LogP) is 3.64. The number of anilines is 2. The Hall–Kier alpha value is -2.29. The molecular weight excluding hydrogens is 371 g/mol. The van der Waals surface area contributed by atoms with Crippen molar-refractivity contribution in [3.63, 3.8) is 0 Å². The normalized spacial score (nSPS) is 16.0. The number of amides is 1. The van der Waals surface area contributed by atoms with Gasteiger partial charge in [0.05, 0.1) is 10.6 Å². The minimum absolute atomic E-state index is 0.0466. The Morgan fingerprint density at radius 1 is 1.35 bits per heavy atom. The van der Waals surface area contributed by atoms with Gasteiger partial charge < -0.3 is 10.2 Å². The van der Waals surface area contributed by atoms with E-state index in [4.69, 9.17) is 11.6 Å². The molecule has 140 valence electrons. The SMILES string of the molecule is Cc1cc(NC(=O)C2CCN(c3ncc(C(F)(F)F)cc3Cl)CC2)n[nH]1. The number of hydrogen-bond acceptors (Lipinski definition) is 4. The molecule has 0 spiro atoms. The number of nitrogens with one attached hydrogen (secondary N) is 2. The molecule has 0 atom stereocenters. The van der Waals surface area contributed by atoms with E-state index in [0.717, 1.165) is 18.0 Å². The van der Waals surface area contributed by atoms with E-state index in [2.05, 4.69) is 20.5 Å². The number of piperidine rings is 1. The number of H-pyrrole nitrogens is 1. The van der Waals surface area contributed by atoms with Gasteiger partial charge in [-0.1, -0.05) is 11.6 Å². The zero-order valence-corrected chi connectivity index (χ0v) is 14.7. The summed E-state index contributed by atoms with van der Waals surface area (Å²) in [7, 11) is 0. The maximum Gasteiger partial charge on any atom is 0.417 e. The van der Waals surface area contributed by atoms with Crippen molar-refractivity contribution in [1.29, 1.82) is 0 Å². The lowest BCUT2D eigenvalue weighted by molar-refractivity contribution is -0.137. The summed E-state index contributed by atoms with van der Waals surface area (Å²) in [5.41, 5.74) is -0.0343. The average Bonchev–Trinajstić information content (AvgIpc) is 2.99. The van der Waals surface area contributed by atoms with Gasteiger partial charge in [0, 0.05) is 37.0 Å². The van der Waals surface area contributed by atoms with Crippen LogP contribution in [0.2, 0.25) is 5.02 Å². The fraction of sp³-hybridized carbons (Fsp3) is 0.438.